The van der Waals surface area contributed by atoms with Crippen LogP contribution in [-0.2, 0) is 22.8 Å². The summed E-state index contributed by atoms with van der Waals surface area (Å²) in [5.41, 5.74) is 2.64. The zero-order valence-corrected chi connectivity index (χ0v) is 15.8. The summed E-state index contributed by atoms with van der Waals surface area (Å²) in [6, 6.07) is 12.6. The van der Waals surface area contributed by atoms with Crippen LogP contribution in [0.1, 0.15) is 18.1 Å². The molecular formula is C20H21FN2O3S. The van der Waals surface area contributed by atoms with Crippen LogP contribution in [0.4, 0.5) is 14.9 Å². The van der Waals surface area contributed by atoms with Crippen LogP contribution in [0.2, 0.25) is 0 Å². The molecule has 0 aliphatic carbocycles. The number of fused-ring (bicyclic) bond motifs is 1. The van der Waals surface area contributed by atoms with Gasteiger partial charge < -0.3 is 4.90 Å². The van der Waals surface area contributed by atoms with Crippen LogP contribution in [0.3, 0.4) is 0 Å². The molecule has 2 aliphatic heterocycles. The van der Waals surface area contributed by atoms with Gasteiger partial charge in [0.05, 0.1) is 23.6 Å². The summed E-state index contributed by atoms with van der Waals surface area (Å²) < 4.78 is 37.7. The van der Waals surface area contributed by atoms with Crippen molar-refractivity contribution in [2.45, 2.75) is 32.0 Å². The van der Waals surface area contributed by atoms with E-state index in [9.17, 15) is 17.6 Å². The molecule has 0 unspecified atom stereocenters. The quantitative estimate of drug-likeness (QED) is 0.757. The number of rotatable bonds is 4. The molecule has 0 bridgehead atoms. The predicted octanol–water partition coefficient (Wildman–Crippen LogP) is 3.00. The number of halogens is 1. The Kier molecular flexibility index (Phi) is 4.42. The fourth-order valence-electron chi connectivity index (χ4n) is 3.94. The van der Waals surface area contributed by atoms with E-state index in [1.807, 2.05) is 24.3 Å². The molecule has 27 heavy (non-hydrogen) atoms. The number of anilines is 1. The van der Waals surface area contributed by atoms with Gasteiger partial charge in [-0.2, -0.15) is 0 Å². The van der Waals surface area contributed by atoms with Gasteiger partial charge in [0.15, 0.2) is 9.84 Å². The zero-order chi connectivity index (χ0) is 19.2. The van der Waals surface area contributed by atoms with Gasteiger partial charge in [0, 0.05) is 12.2 Å². The van der Waals surface area contributed by atoms with Gasteiger partial charge >= 0.3 is 6.03 Å². The smallest absolute Gasteiger partial charge is 0.314 e. The first-order valence-electron chi connectivity index (χ1n) is 9.01. The average Bonchev–Trinajstić information content (AvgIpc) is 3.07. The number of aryl methyl sites for hydroxylation is 1. The molecule has 0 saturated carbocycles. The van der Waals surface area contributed by atoms with E-state index in [1.54, 1.807) is 21.9 Å². The highest BCUT2D eigenvalue weighted by atomic mass is 32.2. The summed E-state index contributed by atoms with van der Waals surface area (Å²) in [6.07, 6.45) is 0.894. The molecule has 2 saturated heterocycles. The van der Waals surface area contributed by atoms with E-state index in [-0.39, 0.29) is 29.9 Å². The second-order valence-electron chi connectivity index (χ2n) is 7.14. The molecule has 142 valence electrons. The lowest BCUT2D eigenvalue weighted by atomic mass is 10.1. The number of hydrogen-bond donors (Lipinski definition) is 0. The Bertz CT molecular complexity index is 958. The van der Waals surface area contributed by atoms with Crippen LogP contribution >= 0.6 is 0 Å². The van der Waals surface area contributed by atoms with Gasteiger partial charge in [-0.25, -0.2) is 17.6 Å². The number of hydrogen-bond acceptors (Lipinski definition) is 3. The Labute approximate surface area is 158 Å². The third-order valence-corrected chi connectivity index (χ3v) is 7.07. The maximum atomic E-state index is 13.2. The minimum absolute atomic E-state index is 0.0289. The molecule has 2 aromatic carbocycles. The normalized spacial score (nSPS) is 23.7. The van der Waals surface area contributed by atoms with Crippen molar-refractivity contribution in [3.05, 3.63) is 65.5 Å². The molecule has 0 aromatic heterocycles. The van der Waals surface area contributed by atoms with Crippen molar-refractivity contribution < 1.29 is 17.6 Å². The van der Waals surface area contributed by atoms with Gasteiger partial charge in [0.1, 0.15) is 5.82 Å². The Morgan fingerprint density at radius 2 is 1.56 bits per heavy atom. The van der Waals surface area contributed by atoms with Crippen LogP contribution in [0.5, 0.6) is 0 Å². The van der Waals surface area contributed by atoms with Crippen LogP contribution in [-0.4, -0.2) is 42.9 Å². The van der Waals surface area contributed by atoms with Crippen molar-refractivity contribution in [1.82, 2.24) is 4.90 Å². The zero-order valence-electron chi connectivity index (χ0n) is 15.0. The largest absolute Gasteiger partial charge is 0.325 e. The van der Waals surface area contributed by atoms with E-state index >= 15 is 0 Å². The lowest BCUT2D eigenvalue weighted by molar-refractivity contribution is 0.206. The highest BCUT2D eigenvalue weighted by Crippen LogP contribution is 2.36. The first-order valence-corrected chi connectivity index (χ1v) is 10.8. The molecule has 0 spiro atoms. The minimum atomic E-state index is -3.21. The lowest BCUT2D eigenvalue weighted by Gasteiger charge is -2.23. The molecule has 2 atom stereocenters. The molecule has 0 radical (unpaired) electrons. The van der Waals surface area contributed by atoms with Crippen molar-refractivity contribution >= 4 is 21.6 Å². The predicted molar refractivity (Wildman–Crippen MR) is 102 cm³/mol. The summed E-state index contributed by atoms with van der Waals surface area (Å²) in [6.45, 7) is 2.32. The Hall–Kier alpha value is -2.41. The second kappa shape index (κ2) is 6.64. The van der Waals surface area contributed by atoms with Gasteiger partial charge in [-0.1, -0.05) is 31.2 Å². The third-order valence-electron chi connectivity index (χ3n) is 5.37. The standard InChI is InChI=1S/C20H21FN2O3S/c1-2-14-5-9-17(10-6-14)23-19-13-27(25,26)12-18(19)22(20(23)24)11-15-3-7-16(21)8-4-15/h3-10,18-19H,2,11-13H2,1H3/t18-,19-/m0/s1. The number of carbonyl (C=O) groups is 1. The first kappa shape index (κ1) is 18.0. The lowest BCUT2D eigenvalue weighted by Crippen LogP contribution is -2.37. The SMILES string of the molecule is CCc1ccc(N2C(=O)N(Cc3ccc(F)cc3)[C@H]3CS(=O)(=O)C[C@@H]32)cc1. The Morgan fingerprint density at radius 1 is 0.963 bits per heavy atom. The summed E-state index contributed by atoms with van der Waals surface area (Å²) >= 11 is 0. The maximum absolute atomic E-state index is 13.2. The maximum Gasteiger partial charge on any atom is 0.325 e. The molecule has 5 nitrogen and oxygen atoms in total. The molecule has 2 fully saturated rings. The highest BCUT2D eigenvalue weighted by molar-refractivity contribution is 7.91. The molecule has 2 heterocycles. The van der Waals surface area contributed by atoms with Gasteiger partial charge in [0.25, 0.3) is 0 Å². The van der Waals surface area contributed by atoms with Gasteiger partial charge in [-0.15, -0.1) is 0 Å². The number of sulfone groups is 1. The van der Waals surface area contributed by atoms with Crippen LogP contribution in [0.25, 0.3) is 0 Å². The van der Waals surface area contributed by atoms with E-state index in [0.717, 1.165) is 17.5 Å². The fraction of sp³-hybridized carbons (Fsp3) is 0.350. The summed E-state index contributed by atoms with van der Waals surface area (Å²) in [4.78, 5) is 16.4. The van der Waals surface area contributed by atoms with E-state index < -0.39 is 21.9 Å². The van der Waals surface area contributed by atoms with Crippen molar-refractivity contribution in [1.29, 1.82) is 0 Å². The third kappa shape index (κ3) is 3.32. The van der Waals surface area contributed by atoms with Crippen molar-refractivity contribution in [2.75, 3.05) is 16.4 Å². The fourth-order valence-corrected chi connectivity index (χ4v) is 5.89. The highest BCUT2D eigenvalue weighted by Gasteiger charge is 2.53. The molecule has 0 N–H and O–H groups in total. The minimum Gasteiger partial charge on any atom is -0.314 e. The molecule has 4 rings (SSSR count). The van der Waals surface area contributed by atoms with Crippen molar-refractivity contribution in [3.8, 4) is 0 Å². The first-order chi connectivity index (χ1) is 12.9. The molecule has 2 amide bonds. The molecule has 2 aliphatic rings. The topological polar surface area (TPSA) is 57.7 Å². The van der Waals surface area contributed by atoms with E-state index in [2.05, 4.69) is 6.92 Å². The summed E-state index contributed by atoms with van der Waals surface area (Å²) in [5, 5.41) is 0. The van der Waals surface area contributed by atoms with E-state index in [0.29, 0.717) is 5.69 Å². The van der Waals surface area contributed by atoms with Crippen molar-refractivity contribution in [2.24, 2.45) is 0 Å². The van der Waals surface area contributed by atoms with Gasteiger partial charge in [-0.05, 0) is 41.8 Å². The molecule has 7 heteroatoms. The van der Waals surface area contributed by atoms with Gasteiger partial charge in [-0.3, -0.25) is 4.90 Å². The monoisotopic (exact) mass is 388 g/mol. The molecule has 2 aromatic rings. The number of urea groups is 1. The van der Waals surface area contributed by atoms with Crippen molar-refractivity contribution in [3.63, 3.8) is 0 Å². The molecular weight excluding hydrogens is 367 g/mol. The number of benzene rings is 2. The Balaban J connectivity index is 1.67. The van der Waals surface area contributed by atoms with Crippen LogP contribution < -0.4 is 4.90 Å². The summed E-state index contributed by atoms with van der Waals surface area (Å²) in [5.74, 6) is -0.405. The summed E-state index contributed by atoms with van der Waals surface area (Å²) in [7, 11) is -3.21. The second-order valence-corrected chi connectivity index (χ2v) is 9.29. The van der Waals surface area contributed by atoms with E-state index in [1.165, 1.54) is 12.1 Å². The van der Waals surface area contributed by atoms with E-state index in [4.69, 9.17) is 0 Å². The Morgan fingerprint density at radius 3 is 2.19 bits per heavy atom. The van der Waals surface area contributed by atoms with Crippen LogP contribution in [0, 0.1) is 5.82 Å². The average molecular weight is 388 g/mol. The number of carbonyl (C=O) groups excluding carboxylic acids is 1. The number of nitrogens with zero attached hydrogens (tertiary/aromatic N) is 2. The van der Waals surface area contributed by atoms with Gasteiger partial charge in [0.2, 0.25) is 0 Å². The van der Waals surface area contributed by atoms with Crippen LogP contribution in [0.15, 0.2) is 48.5 Å². The number of amides is 2.